The highest BCUT2D eigenvalue weighted by Gasteiger charge is 2.42. The van der Waals surface area contributed by atoms with Gasteiger partial charge in [0.15, 0.2) is 0 Å². The predicted molar refractivity (Wildman–Crippen MR) is 70.1 cm³/mol. The molecule has 0 aliphatic carbocycles. The number of rotatable bonds is 5. The number of amides is 1. The molecule has 2 fully saturated rings. The summed E-state index contributed by atoms with van der Waals surface area (Å²) in [5.74, 6) is 0.854. The monoisotopic (exact) mass is 258 g/mol. The van der Waals surface area contributed by atoms with Gasteiger partial charge < -0.3 is 15.7 Å². The number of thioether (sulfide) groups is 1. The minimum absolute atomic E-state index is 0.103. The van der Waals surface area contributed by atoms with Gasteiger partial charge >= 0.3 is 0 Å². The van der Waals surface area contributed by atoms with Gasteiger partial charge in [0, 0.05) is 24.4 Å². The number of nitrogens with one attached hydrogen (secondary N) is 2. The Labute approximate surface area is 107 Å². The van der Waals surface area contributed by atoms with Crippen LogP contribution >= 0.6 is 11.8 Å². The average Bonchev–Trinajstić information content (AvgIpc) is 2.87. The summed E-state index contributed by atoms with van der Waals surface area (Å²) in [6, 6.07) is 0.910. The molecule has 0 aromatic rings. The highest BCUT2D eigenvalue weighted by atomic mass is 32.2. The van der Waals surface area contributed by atoms with Gasteiger partial charge in [-0.15, -0.1) is 0 Å². The van der Waals surface area contributed by atoms with E-state index in [1.807, 2.05) is 6.26 Å². The van der Waals surface area contributed by atoms with Gasteiger partial charge in [-0.2, -0.15) is 11.8 Å². The third-order valence-corrected chi connectivity index (χ3v) is 4.65. The van der Waals surface area contributed by atoms with Gasteiger partial charge in [-0.25, -0.2) is 0 Å². The molecule has 0 spiro atoms. The van der Waals surface area contributed by atoms with E-state index < -0.39 is 5.60 Å². The molecule has 4 atom stereocenters. The Bertz CT molecular complexity index is 296. The fourth-order valence-corrected chi connectivity index (χ4v) is 3.61. The zero-order chi connectivity index (χ0) is 12.5. The third kappa shape index (κ3) is 3.14. The highest BCUT2D eigenvalue weighted by Crippen LogP contribution is 2.33. The van der Waals surface area contributed by atoms with Crippen LogP contribution in [0, 0.1) is 5.92 Å². The van der Waals surface area contributed by atoms with Crippen LogP contribution in [0.4, 0.5) is 0 Å². The molecule has 0 aromatic heterocycles. The molecule has 3 N–H and O–H groups in total. The molecule has 2 saturated heterocycles. The van der Waals surface area contributed by atoms with Crippen molar-refractivity contribution in [3.8, 4) is 0 Å². The van der Waals surface area contributed by atoms with E-state index >= 15 is 0 Å². The second kappa shape index (κ2) is 5.16. The van der Waals surface area contributed by atoms with Crippen LogP contribution in [0.25, 0.3) is 0 Å². The largest absolute Gasteiger partial charge is 0.387 e. The maximum absolute atomic E-state index is 12.0. The van der Waals surface area contributed by atoms with Crippen molar-refractivity contribution >= 4 is 17.7 Å². The van der Waals surface area contributed by atoms with Crippen molar-refractivity contribution in [2.24, 2.45) is 5.92 Å². The molecule has 1 amide bonds. The van der Waals surface area contributed by atoms with E-state index in [2.05, 4.69) is 10.6 Å². The topological polar surface area (TPSA) is 61.4 Å². The number of fused-ring (bicyclic) bond motifs is 2. The van der Waals surface area contributed by atoms with Gasteiger partial charge in [-0.05, 0) is 32.4 Å². The van der Waals surface area contributed by atoms with Crippen LogP contribution in [0.15, 0.2) is 0 Å². The van der Waals surface area contributed by atoms with Crippen LogP contribution in [0.5, 0.6) is 0 Å². The molecule has 2 aliphatic heterocycles. The van der Waals surface area contributed by atoms with Gasteiger partial charge in [-0.1, -0.05) is 0 Å². The number of hydrogen-bond donors (Lipinski definition) is 3. The van der Waals surface area contributed by atoms with Gasteiger partial charge in [0.2, 0.25) is 5.91 Å². The molecule has 0 aromatic carbocycles. The van der Waals surface area contributed by atoms with Crippen LogP contribution in [0.1, 0.15) is 26.2 Å². The number of carbonyl (C=O) groups excluding carboxylic acids is 1. The van der Waals surface area contributed by atoms with E-state index in [0.29, 0.717) is 24.4 Å². The normalized spacial score (nSPS) is 34.6. The average molecular weight is 258 g/mol. The molecule has 2 bridgehead atoms. The Morgan fingerprint density at radius 1 is 1.59 bits per heavy atom. The predicted octanol–water partition coefficient (Wildman–Crippen LogP) is 0.357. The quantitative estimate of drug-likeness (QED) is 0.666. The lowest BCUT2D eigenvalue weighted by Gasteiger charge is -2.25. The summed E-state index contributed by atoms with van der Waals surface area (Å²) in [5.41, 5.74) is -0.805. The number of carbonyl (C=O) groups is 1. The van der Waals surface area contributed by atoms with Gasteiger partial charge in [-0.3, -0.25) is 4.79 Å². The first-order valence-corrected chi connectivity index (χ1v) is 7.66. The molecule has 5 heteroatoms. The van der Waals surface area contributed by atoms with Crippen molar-refractivity contribution in [3.63, 3.8) is 0 Å². The van der Waals surface area contributed by atoms with Gasteiger partial charge in [0.25, 0.3) is 0 Å². The Morgan fingerprint density at radius 3 is 2.88 bits per heavy atom. The molecule has 0 saturated carbocycles. The van der Waals surface area contributed by atoms with E-state index in [9.17, 15) is 9.90 Å². The zero-order valence-corrected chi connectivity index (χ0v) is 11.3. The van der Waals surface area contributed by atoms with E-state index in [0.717, 1.165) is 12.8 Å². The second-order valence-electron chi connectivity index (χ2n) is 5.54. The van der Waals surface area contributed by atoms with E-state index in [1.54, 1.807) is 18.7 Å². The lowest BCUT2D eigenvalue weighted by Crippen LogP contribution is -2.46. The summed E-state index contributed by atoms with van der Waals surface area (Å²) in [7, 11) is 0. The van der Waals surface area contributed by atoms with Crippen LogP contribution in [0.3, 0.4) is 0 Å². The zero-order valence-electron chi connectivity index (χ0n) is 10.5. The summed E-state index contributed by atoms with van der Waals surface area (Å²) < 4.78 is 0. The minimum Gasteiger partial charge on any atom is -0.387 e. The molecular formula is C12H22N2O2S. The van der Waals surface area contributed by atoms with Crippen molar-refractivity contribution in [1.82, 2.24) is 10.6 Å². The fraction of sp³-hybridized carbons (Fsp3) is 0.917. The first-order valence-electron chi connectivity index (χ1n) is 6.27. The second-order valence-corrected chi connectivity index (χ2v) is 6.40. The summed E-state index contributed by atoms with van der Waals surface area (Å²) in [4.78, 5) is 12.0. The van der Waals surface area contributed by atoms with E-state index in [4.69, 9.17) is 0 Å². The van der Waals surface area contributed by atoms with Crippen LogP contribution < -0.4 is 10.6 Å². The number of aliphatic hydroxyl groups is 1. The molecule has 17 heavy (non-hydrogen) atoms. The van der Waals surface area contributed by atoms with Crippen LogP contribution in [-0.2, 0) is 4.79 Å². The summed E-state index contributed by atoms with van der Waals surface area (Å²) >= 11 is 1.59. The minimum atomic E-state index is -0.805. The van der Waals surface area contributed by atoms with Crippen LogP contribution in [-0.4, -0.2) is 47.3 Å². The Kier molecular flexibility index (Phi) is 4.00. The van der Waals surface area contributed by atoms with E-state index in [1.165, 1.54) is 6.42 Å². The maximum Gasteiger partial charge on any atom is 0.224 e. The lowest BCUT2D eigenvalue weighted by atomic mass is 9.88. The number of hydrogen-bond acceptors (Lipinski definition) is 4. The Morgan fingerprint density at radius 2 is 2.35 bits per heavy atom. The fourth-order valence-electron chi connectivity index (χ4n) is 2.88. The molecule has 98 valence electrons. The van der Waals surface area contributed by atoms with E-state index in [-0.39, 0.29) is 11.8 Å². The molecular weight excluding hydrogens is 236 g/mol. The maximum atomic E-state index is 12.0. The first-order chi connectivity index (χ1) is 8.02. The SMILES string of the molecule is CSCC(C)(O)CNC(=O)C1CC2CCC1N2. The van der Waals surface area contributed by atoms with Crippen molar-refractivity contribution in [1.29, 1.82) is 0 Å². The van der Waals surface area contributed by atoms with Gasteiger partial charge in [0.05, 0.1) is 11.5 Å². The standard InChI is InChI=1S/C12H22N2O2S/c1-12(16,7-17-2)6-13-11(15)9-5-8-3-4-10(9)14-8/h8-10,14,16H,3-7H2,1-2H3,(H,13,15). The lowest BCUT2D eigenvalue weighted by molar-refractivity contribution is -0.126. The molecule has 2 rings (SSSR count). The third-order valence-electron chi connectivity index (χ3n) is 3.74. The molecule has 4 nitrogen and oxygen atoms in total. The van der Waals surface area contributed by atoms with Crippen molar-refractivity contribution in [2.45, 2.75) is 43.9 Å². The van der Waals surface area contributed by atoms with Crippen molar-refractivity contribution in [2.75, 3.05) is 18.6 Å². The van der Waals surface area contributed by atoms with Gasteiger partial charge in [0.1, 0.15) is 0 Å². The highest BCUT2D eigenvalue weighted by molar-refractivity contribution is 7.98. The molecule has 4 unspecified atom stereocenters. The summed E-state index contributed by atoms with van der Waals surface area (Å²) in [6.07, 6.45) is 5.24. The smallest absolute Gasteiger partial charge is 0.224 e. The Hall–Kier alpha value is -0.260. The molecule has 2 heterocycles. The Balaban J connectivity index is 1.78. The van der Waals surface area contributed by atoms with Crippen molar-refractivity contribution in [3.05, 3.63) is 0 Å². The molecule has 2 aliphatic rings. The summed E-state index contributed by atoms with van der Waals surface area (Å²) in [5, 5.41) is 16.3. The van der Waals surface area contributed by atoms with Crippen LogP contribution in [0.2, 0.25) is 0 Å². The summed E-state index contributed by atoms with van der Waals surface area (Å²) in [6.45, 7) is 2.11. The van der Waals surface area contributed by atoms with Crippen molar-refractivity contribution < 1.29 is 9.90 Å². The molecule has 0 radical (unpaired) electrons. The first kappa shape index (κ1) is 13.2.